The van der Waals surface area contributed by atoms with Crippen molar-refractivity contribution >= 4 is 0 Å². The molecule has 0 aliphatic rings. The molecular formula is C22H24N2O3. The van der Waals surface area contributed by atoms with Crippen LogP contribution in [0.1, 0.15) is 17.5 Å². The normalized spacial score (nSPS) is 10.5. The number of ether oxygens (including phenoxy) is 3. The second-order valence-corrected chi connectivity index (χ2v) is 6.14. The van der Waals surface area contributed by atoms with Crippen molar-refractivity contribution in [3.05, 3.63) is 66.2 Å². The van der Waals surface area contributed by atoms with E-state index < -0.39 is 0 Å². The molecule has 0 saturated carbocycles. The Bertz CT molecular complexity index is 868. The fourth-order valence-corrected chi connectivity index (χ4v) is 3.24. The lowest BCUT2D eigenvalue weighted by molar-refractivity contribution is 0.323. The van der Waals surface area contributed by atoms with Gasteiger partial charge in [0.05, 0.1) is 21.3 Å². The number of rotatable bonds is 8. The molecule has 0 radical (unpaired) electrons. The highest BCUT2D eigenvalue weighted by Crippen LogP contribution is 2.46. The van der Waals surface area contributed by atoms with Crippen molar-refractivity contribution in [2.45, 2.75) is 19.3 Å². The molecule has 0 amide bonds. The predicted molar refractivity (Wildman–Crippen MR) is 106 cm³/mol. The number of aryl methyl sites for hydroxylation is 2. The Hall–Kier alpha value is -3.08. The van der Waals surface area contributed by atoms with Gasteiger partial charge in [-0.1, -0.05) is 12.1 Å². The average molecular weight is 364 g/mol. The first-order valence-electron chi connectivity index (χ1n) is 8.89. The lowest BCUT2D eigenvalue weighted by atomic mass is 9.97. The molecule has 5 heteroatoms. The van der Waals surface area contributed by atoms with Crippen molar-refractivity contribution in [3.8, 4) is 28.4 Å². The molecule has 140 valence electrons. The van der Waals surface area contributed by atoms with E-state index in [1.54, 1.807) is 33.7 Å². The number of aromatic nitrogens is 2. The number of hydrogen-bond acceptors (Lipinski definition) is 5. The first-order chi connectivity index (χ1) is 13.3. The minimum absolute atomic E-state index is 0.609. The van der Waals surface area contributed by atoms with Crippen LogP contribution in [0.5, 0.6) is 17.2 Å². The molecule has 0 unspecified atom stereocenters. The van der Waals surface area contributed by atoms with E-state index >= 15 is 0 Å². The highest BCUT2D eigenvalue weighted by Gasteiger charge is 2.21. The van der Waals surface area contributed by atoms with Crippen LogP contribution < -0.4 is 14.2 Å². The van der Waals surface area contributed by atoms with Crippen molar-refractivity contribution in [3.63, 3.8) is 0 Å². The number of nitrogens with zero attached hydrogens (tertiary/aromatic N) is 2. The van der Waals surface area contributed by atoms with Gasteiger partial charge in [0.1, 0.15) is 0 Å². The molecule has 2 aromatic heterocycles. The van der Waals surface area contributed by atoms with Crippen molar-refractivity contribution in [2.24, 2.45) is 0 Å². The summed E-state index contributed by atoms with van der Waals surface area (Å²) in [6, 6.07) is 10.1. The minimum Gasteiger partial charge on any atom is -0.492 e. The third-order valence-corrected chi connectivity index (χ3v) is 4.49. The zero-order chi connectivity index (χ0) is 19.1. The van der Waals surface area contributed by atoms with Crippen molar-refractivity contribution in [1.29, 1.82) is 0 Å². The number of hydrogen-bond donors (Lipinski definition) is 0. The molecule has 0 N–H and O–H groups in total. The number of pyridine rings is 2. The summed E-state index contributed by atoms with van der Waals surface area (Å²) in [5.74, 6) is 1.98. The molecule has 0 saturated heterocycles. The van der Waals surface area contributed by atoms with Crippen LogP contribution in [0.4, 0.5) is 0 Å². The molecule has 27 heavy (non-hydrogen) atoms. The summed E-state index contributed by atoms with van der Waals surface area (Å²) < 4.78 is 17.0. The van der Waals surface area contributed by atoms with Crippen LogP contribution in [0.15, 0.2) is 55.1 Å². The maximum atomic E-state index is 5.67. The Morgan fingerprint density at radius 1 is 0.778 bits per heavy atom. The Morgan fingerprint density at radius 2 is 1.48 bits per heavy atom. The predicted octanol–water partition coefficient (Wildman–Crippen LogP) is 4.34. The third kappa shape index (κ3) is 4.19. The summed E-state index contributed by atoms with van der Waals surface area (Å²) >= 11 is 0. The lowest BCUT2D eigenvalue weighted by Gasteiger charge is -2.19. The van der Waals surface area contributed by atoms with E-state index in [2.05, 4.69) is 22.1 Å². The molecule has 0 aliphatic carbocycles. The van der Waals surface area contributed by atoms with Gasteiger partial charge in [0.2, 0.25) is 5.75 Å². The van der Waals surface area contributed by atoms with Gasteiger partial charge in [0.25, 0.3) is 0 Å². The second-order valence-electron chi connectivity index (χ2n) is 6.14. The Balaban J connectivity index is 1.96. The maximum Gasteiger partial charge on any atom is 0.204 e. The fourth-order valence-electron chi connectivity index (χ4n) is 3.24. The summed E-state index contributed by atoms with van der Waals surface area (Å²) in [6.07, 6.45) is 10.1. The van der Waals surface area contributed by atoms with E-state index in [1.165, 1.54) is 5.56 Å². The van der Waals surface area contributed by atoms with Gasteiger partial charge in [-0.05, 0) is 48.6 Å². The first kappa shape index (κ1) is 18.7. The molecule has 0 bridgehead atoms. The lowest BCUT2D eigenvalue weighted by Crippen LogP contribution is -2.02. The minimum atomic E-state index is 0.609. The fraction of sp³-hybridized carbons (Fsp3) is 0.273. The zero-order valence-corrected chi connectivity index (χ0v) is 15.9. The standard InChI is InChI=1S/C22H24N2O3/c1-25-20-17(9-4-7-16-8-5-11-23-14-16)13-19(18-10-6-12-24-15-18)21(26-2)22(20)27-3/h5-6,8,10-15H,4,7,9H2,1-3H3. The smallest absolute Gasteiger partial charge is 0.204 e. The molecule has 1 aromatic carbocycles. The van der Waals surface area contributed by atoms with Crippen molar-refractivity contribution in [2.75, 3.05) is 21.3 Å². The summed E-state index contributed by atoms with van der Waals surface area (Å²) in [6.45, 7) is 0. The van der Waals surface area contributed by atoms with E-state index in [0.717, 1.165) is 36.0 Å². The van der Waals surface area contributed by atoms with E-state index in [-0.39, 0.29) is 0 Å². The van der Waals surface area contributed by atoms with Gasteiger partial charge in [-0.3, -0.25) is 9.97 Å². The third-order valence-electron chi connectivity index (χ3n) is 4.49. The van der Waals surface area contributed by atoms with Crippen molar-refractivity contribution < 1.29 is 14.2 Å². The van der Waals surface area contributed by atoms with Gasteiger partial charge in [0, 0.05) is 35.9 Å². The summed E-state index contributed by atoms with van der Waals surface area (Å²) in [5, 5.41) is 0. The van der Waals surface area contributed by atoms with Crippen LogP contribution in [-0.4, -0.2) is 31.3 Å². The molecule has 3 rings (SSSR count). The first-order valence-corrected chi connectivity index (χ1v) is 8.89. The average Bonchev–Trinajstić information content (AvgIpc) is 2.74. The van der Waals surface area contributed by atoms with Crippen LogP contribution >= 0.6 is 0 Å². The van der Waals surface area contributed by atoms with Gasteiger partial charge in [0.15, 0.2) is 11.5 Å². The molecule has 2 heterocycles. The van der Waals surface area contributed by atoms with Gasteiger partial charge in [-0.25, -0.2) is 0 Å². The molecule has 0 atom stereocenters. The molecule has 0 fully saturated rings. The zero-order valence-electron chi connectivity index (χ0n) is 15.9. The van der Waals surface area contributed by atoms with E-state index in [9.17, 15) is 0 Å². The van der Waals surface area contributed by atoms with Gasteiger partial charge < -0.3 is 14.2 Å². The SMILES string of the molecule is COc1c(CCCc2cccnc2)cc(-c2cccnc2)c(OC)c1OC. The van der Waals surface area contributed by atoms with Gasteiger partial charge >= 0.3 is 0 Å². The van der Waals surface area contributed by atoms with Crippen LogP contribution in [0.2, 0.25) is 0 Å². The van der Waals surface area contributed by atoms with Gasteiger partial charge in [-0.15, -0.1) is 0 Å². The van der Waals surface area contributed by atoms with Crippen LogP contribution in [-0.2, 0) is 12.8 Å². The quantitative estimate of drug-likeness (QED) is 0.595. The summed E-state index contributed by atoms with van der Waals surface area (Å²) in [7, 11) is 4.93. The summed E-state index contributed by atoms with van der Waals surface area (Å²) in [5.41, 5.74) is 4.23. The van der Waals surface area contributed by atoms with Crippen molar-refractivity contribution in [1.82, 2.24) is 9.97 Å². The summed E-state index contributed by atoms with van der Waals surface area (Å²) in [4.78, 5) is 8.41. The second kappa shape index (κ2) is 9.03. The molecule has 0 aliphatic heterocycles. The maximum absolute atomic E-state index is 5.67. The van der Waals surface area contributed by atoms with Crippen LogP contribution in [0, 0.1) is 0 Å². The Kier molecular flexibility index (Phi) is 6.26. The molecule has 0 spiro atoms. The van der Waals surface area contributed by atoms with E-state index in [1.807, 2.05) is 30.6 Å². The van der Waals surface area contributed by atoms with Gasteiger partial charge in [-0.2, -0.15) is 0 Å². The highest BCUT2D eigenvalue weighted by atomic mass is 16.5. The number of methoxy groups -OCH3 is 3. The monoisotopic (exact) mass is 364 g/mol. The topological polar surface area (TPSA) is 53.5 Å². The van der Waals surface area contributed by atoms with E-state index in [0.29, 0.717) is 17.2 Å². The number of benzene rings is 1. The molecular weight excluding hydrogens is 340 g/mol. The van der Waals surface area contributed by atoms with E-state index in [4.69, 9.17) is 14.2 Å². The largest absolute Gasteiger partial charge is 0.492 e. The Morgan fingerprint density at radius 3 is 2.07 bits per heavy atom. The highest BCUT2D eigenvalue weighted by molar-refractivity contribution is 5.77. The van der Waals surface area contributed by atoms with Crippen LogP contribution in [0.3, 0.4) is 0 Å². The van der Waals surface area contributed by atoms with Crippen LogP contribution in [0.25, 0.3) is 11.1 Å². The Labute approximate surface area is 160 Å². The molecule has 3 aromatic rings. The molecule has 5 nitrogen and oxygen atoms in total.